The van der Waals surface area contributed by atoms with Gasteiger partial charge < -0.3 is 20.3 Å². The van der Waals surface area contributed by atoms with Crippen molar-refractivity contribution in [2.45, 2.75) is 45.1 Å². The van der Waals surface area contributed by atoms with Crippen LogP contribution in [0.25, 0.3) is 0 Å². The number of piperidine rings is 1. The Morgan fingerprint density at radius 3 is 2.73 bits per heavy atom. The fourth-order valence-electron chi connectivity index (χ4n) is 3.57. The zero-order chi connectivity index (χ0) is 16.0. The van der Waals surface area contributed by atoms with Crippen LogP contribution in [0.15, 0.2) is 0 Å². The van der Waals surface area contributed by atoms with Crippen molar-refractivity contribution in [2.75, 3.05) is 39.9 Å². The van der Waals surface area contributed by atoms with Gasteiger partial charge in [-0.3, -0.25) is 9.59 Å². The van der Waals surface area contributed by atoms with Crippen LogP contribution >= 0.6 is 0 Å². The molecule has 0 aromatic heterocycles. The van der Waals surface area contributed by atoms with Crippen LogP contribution in [-0.2, 0) is 14.3 Å². The van der Waals surface area contributed by atoms with Crippen LogP contribution in [0, 0.1) is 5.41 Å². The summed E-state index contributed by atoms with van der Waals surface area (Å²) in [5.41, 5.74) is 0.0168. The van der Waals surface area contributed by atoms with E-state index in [9.17, 15) is 9.59 Å². The average Bonchev–Trinajstić information content (AvgIpc) is 2.94. The monoisotopic (exact) mass is 311 g/mol. The summed E-state index contributed by atoms with van der Waals surface area (Å²) in [6, 6.07) is -0.323. The standard InChI is InChI=1S/C16H29N3O3/c1-3-13(19-10-4-5-14(19)20)15(21)18-11-16(12-22-2)6-8-17-9-7-16/h13,17H,3-12H2,1-2H3,(H,18,21). The molecule has 2 aliphatic heterocycles. The van der Waals surface area contributed by atoms with Crippen LogP contribution in [0.1, 0.15) is 39.0 Å². The van der Waals surface area contributed by atoms with Crippen LogP contribution in [0.4, 0.5) is 0 Å². The molecule has 126 valence electrons. The van der Waals surface area contributed by atoms with Gasteiger partial charge in [-0.2, -0.15) is 0 Å². The first-order chi connectivity index (χ1) is 10.6. The first kappa shape index (κ1) is 17.2. The van der Waals surface area contributed by atoms with Crippen molar-refractivity contribution in [2.24, 2.45) is 5.41 Å². The normalized spacial score (nSPS) is 22.6. The molecule has 2 N–H and O–H groups in total. The SMILES string of the molecule is CCC(C(=O)NCC1(COC)CCNCC1)N1CCCC1=O. The predicted molar refractivity (Wildman–Crippen MR) is 84.4 cm³/mol. The molecule has 2 amide bonds. The van der Waals surface area contributed by atoms with Gasteiger partial charge in [0.2, 0.25) is 11.8 Å². The molecular formula is C16H29N3O3. The highest BCUT2D eigenvalue weighted by Gasteiger charge is 2.35. The highest BCUT2D eigenvalue weighted by molar-refractivity contribution is 5.88. The number of likely N-dealkylation sites (tertiary alicyclic amines) is 1. The summed E-state index contributed by atoms with van der Waals surface area (Å²) in [6.45, 7) is 5.87. The van der Waals surface area contributed by atoms with E-state index in [2.05, 4.69) is 10.6 Å². The van der Waals surface area contributed by atoms with Crippen LogP contribution in [-0.4, -0.2) is 62.7 Å². The molecule has 2 heterocycles. The molecule has 0 aromatic carbocycles. The number of nitrogens with one attached hydrogen (secondary N) is 2. The van der Waals surface area contributed by atoms with E-state index in [0.717, 1.165) is 32.4 Å². The van der Waals surface area contributed by atoms with Gasteiger partial charge in [-0.1, -0.05) is 6.92 Å². The number of rotatable bonds is 7. The molecule has 6 nitrogen and oxygen atoms in total. The molecule has 0 spiro atoms. The Morgan fingerprint density at radius 2 is 2.18 bits per heavy atom. The Hall–Kier alpha value is -1.14. The van der Waals surface area contributed by atoms with Gasteiger partial charge in [0.15, 0.2) is 0 Å². The lowest BCUT2D eigenvalue weighted by Crippen LogP contribution is -2.52. The first-order valence-electron chi connectivity index (χ1n) is 8.39. The van der Waals surface area contributed by atoms with Crippen molar-refractivity contribution >= 4 is 11.8 Å². The molecule has 22 heavy (non-hydrogen) atoms. The summed E-state index contributed by atoms with van der Waals surface area (Å²) >= 11 is 0. The van der Waals surface area contributed by atoms with E-state index in [0.29, 0.717) is 32.5 Å². The molecule has 0 bridgehead atoms. The van der Waals surface area contributed by atoms with Crippen LogP contribution in [0.5, 0.6) is 0 Å². The molecule has 2 aliphatic rings. The number of ether oxygens (including phenoxy) is 1. The van der Waals surface area contributed by atoms with Crippen LogP contribution < -0.4 is 10.6 Å². The van der Waals surface area contributed by atoms with Gasteiger partial charge in [-0.15, -0.1) is 0 Å². The lowest BCUT2D eigenvalue weighted by Gasteiger charge is -2.38. The minimum Gasteiger partial charge on any atom is -0.384 e. The number of hydrogen-bond acceptors (Lipinski definition) is 4. The molecule has 0 saturated carbocycles. The van der Waals surface area contributed by atoms with Gasteiger partial charge in [0, 0.05) is 32.0 Å². The van der Waals surface area contributed by atoms with Crippen molar-refractivity contribution in [1.29, 1.82) is 0 Å². The second kappa shape index (κ2) is 7.92. The Morgan fingerprint density at radius 1 is 1.45 bits per heavy atom. The van der Waals surface area contributed by atoms with Crippen molar-refractivity contribution in [3.63, 3.8) is 0 Å². The average molecular weight is 311 g/mol. The number of nitrogens with zero attached hydrogens (tertiary/aromatic N) is 1. The minimum absolute atomic E-state index is 0.0168. The van der Waals surface area contributed by atoms with Gasteiger partial charge in [-0.05, 0) is 38.8 Å². The molecule has 0 aromatic rings. The maximum atomic E-state index is 12.5. The molecule has 0 radical (unpaired) electrons. The van der Waals surface area contributed by atoms with E-state index in [4.69, 9.17) is 4.74 Å². The molecule has 2 fully saturated rings. The van der Waals surface area contributed by atoms with E-state index < -0.39 is 0 Å². The zero-order valence-electron chi connectivity index (χ0n) is 13.8. The van der Waals surface area contributed by atoms with Gasteiger partial charge in [-0.25, -0.2) is 0 Å². The molecule has 1 atom stereocenters. The molecule has 2 rings (SSSR count). The quantitative estimate of drug-likeness (QED) is 0.719. The number of carbonyl (C=O) groups is 2. The lowest BCUT2D eigenvalue weighted by atomic mass is 9.79. The number of methoxy groups -OCH3 is 1. The minimum atomic E-state index is -0.323. The fraction of sp³-hybridized carbons (Fsp3) is 0.875. The fourth-order valence-corrected chi connectivity index (χ4v) is 3.57. The third kappa shape index (κ3) is 3.98. The van der Waals surface area contributed by atoms with E-state index >= 15 is 0 Å². The van der Waals surface area contributed by atoms with Gasteiger partial charge in [0.1, 0.15) is 6.04 Å². The molecular weight excluding hydrogens is 282 g/mol. The lowest BCUT2D eigenvalue weighted by molar-refractivity contribution is -0.138. The van der Waals surface area contributed by atoms with Crippen molar-refractivity contribution in [3.8, 4) is 0 Å². The first-order valence-corrected chi connectivity index (χ1v) is 8.39. The summed E-state index contributed by atoms with van der Waals surface area (Å²) in [7, 11) is 1.71. The highest BCUT2D eigenvalue weighted by atomic mass is 16.5. The summed E-state index contributed by atoms with van der Waals surface area (Å²) in [5.74, 6) is 0.0854. The Balaban J connectivity index is 1.92. The second-order valence-electron chi connectivity index (χ2n) is 6.52. The van der Waals surface area contributed by atoms with E-state index in [1.807, 2.05) is 6.92 Å². The molecule has 2 saturated heterocycles. The maximum Gasteiger partial charge on any atom is 0.242 e. The van der Waals surface area contributed by atoms with Gasteiger partial charge in [0.25, 0.3) is 0 Å². The van der Waals surface area contributed by atoms with E-state index in [-0.39, 0.29) is 23.3 Å². The Labute approximate surface area is 132 Å². The third-order valence-corrected chi connectivity index (χ3v) is 4.93. The smallest absolute Gasteiger partial charge is 0.242 e. The number of carbonyl (C=O) groups excluding carboxylic acids is 2. The second-order valence-corrected chi connectivity index (χ2v) is 6.52. The molecule has 0 aliphatic carbocycles. The maximum absolute atomic E-state index is 12.5. The van der Waals surface area contributed by atoms with E-state index in [1.54, 1.807) is 12.0 Å². The Bertz CT molecular complexity index is 389. The van der Waals surface area contributed by atoms with Crippen molar-refractivity contribution in [3.05, 3.63) is 0 Å². The largest absolute Gasteiger partial charge is 0.384 e. The molecule has 6 heteroatoms. The van der Waals surface area contributed by atoms with Crippen molar-refractivity contribution in [1.82, 2.24) is 15.5 Å². The van der Waals surface area contributed by atoms with E-state index in [1.165, 1.54) is 0 Å². The summed E-state index contributed by atoms with van der Waals surface area (Å²) < 4.78 is 5.38. The van der Waals surface area contributed by atoms with Crippen LogP contribution in [0.2, 0.25) is 0 Å². The van der Waals surface area contributed by atoms with Crippen molar-refractivity contribution < 1.29 is 14.3 Å². The number of hydrogen-bond donors (Lipinski definition) is 2. The van der Waals surface area contributed by atoms with Gasteiger partial charge in [0.05, 0.1) is 6.61 Å². The topological polar surface area (TPSA) is 70.7 Å². The Kier molecular flexibility index (Phi) is 6.20. The van der Waals surface area contributed by atoms with Gasteiger partial charge >= 0.3 is 0 Å². The zero-order valence-corrected chi connectivity index (χ0v) is 13.8. The summed E-state index contributed by atoms with van der Waals surface area (Å²) in [5, 5.41) is 6.43. The highest BCUT2D eigenvalue weighted by Crippen LogP contribution is 2.28. The summed E-state index contributed by atoms with van der Waals surface area (Å²) in [4.78, 5) is 26.1. The predicted octanol–water partition coefficient (Wildman–Crippen LogP) is 0.520. The molecule has 1 unspecified atom stereocenters. The summed E-state index contributed by atoms with van der Waals surface area (Å²) in [6.07, 6.45) is 4.10. The van der Waals surface area contributed by atoms with Crippen LogP contribution in [0.3, 0.4) is 0 Å². The third-order valence-electron chi connectivity index (χ3n) is 4.93. The number of amides is 2.